The van der Waals surface area contributed by atoms with Crippen LogP contribution in [0.5, 0.6) is 0 Å². The average Bonchev–Trinajstić information content (AvgIpc) is 2.66. The highest BCUT2D eigenvalue weighted by molar-refractivity contribution is 6.07. The second-order valence-corrected chi connectivity index (χ2v) is 7.69. The number of hydrogen-bond acceptors (Lipinski definition) is 3. The van der Waals surface area contributed by atoms with E-state index in [1.807, 2.05) is 58.0 Å². The summed E-state index contributed by atoms with van der Waals surface area (Å²) in [5.74, 6) is -0.214. The lowest BCUT2D eigenvalue weighted by Gasteiger charge is -2.12. The molecule has 2 aromatic heterocycles. The molecule has 0 fully saturated rings. The van der Waals surface area contributed by atoms with Gasteiger partial charge in [-0.15, -0.1) is 0 Å². The van der Waals surface area contributed by atoms with Crippen LogP contribution in [0, 0.1) is 27.7 Å². The van der Waals surface area contributed by atoms with Crippen molar-refractivity contribution >= 4 is 27.7 Å². The van der Waals surface area contributed by atoms with Gasteiger partial charge >= 0.3 is 0 Å². The molecule has 4 rings (SSSR count). The number of benzene rings is 2. The monoisotopic (exact) mass is 385 g/mol. The first-order valence-corrected chi connectivity index (χ1v) is 9.61. The highest BCUT2D eigenvalue weighted by Gasteiger charge is 2.14. The maximum absolute atomic E-state index is 13.0. The highest BCUT2D eigenvalue weighted by atomic mass is 16.1. The fourth-order valence-electron chi connectivity index (χ4n) is 3.76. The van der Waals surface area contributed by atoms with Gasteiger partial charge in [-0.1, -0.05) is 23.8 Å². The van der Waals surface area contributed by atoms with Crippen LogP contribution in [-0.4, -0.2) is 15.9 Å². The second-order valence-electron chi connectivity index (χ2n) is 7.69. The normalized spacial score (nSPS) is 11.2. The molecule has 2 aromatic carbocycles. The zero-order valence-electron chi connectivity index (χ0n) is 17.0. The van der Waals surface area contributed by atoms with Gasteiger partial charge < -0.3 is 10.3 Å². The molecule has 1 amide bonds. The van der Waals surface area contributed by atoms with E-state index in [9.17, 15) is 9.59 Å². The number of fused-ring (bicyclic) bond motifs is 2. The van der Waals surface area contributed by atoms with E-state index in [0.717, 1.165) is 44.2 Å². The van der Waals surface area contributed by atoms with E-state index >= 15 is 0 Å². The number of aryl methyl sites for hydroxylation is 4. The first-order valence-electron chi connectivity index (χ1n) is 9.61. The topological polar surface area (TPSA) is 74.8 Å². The van der Waals surface area contributed by atoms with Crippen molar-refractivity contribution in [1.29, 1.82) is 0 Å². The van der Waals surface area contributed by atoms with Crippen molar-refractivity contribution in [2.45, 2.75) is 34.2 Å². The molecule has 0 aliphatic rings. The Balaban J connectivity index is 1.67. The van der Waals surface area contributed by atoms with E-state index in [2.05, 4.69) is 21.4 Å². The zero-order chi connectivity index (χ0) is 20.7. The number of H-pyrrole nitrogens is 1. The molecule has 0 unspecified atom stereocenters. The molecule has 5 nitrogen and oxygen atoms in total. The second kappa shape index (κ2) is 7.17. The number of pyridine rings is 2. The molecule has 5 heteroatoms. The van der Waals surface area contributed by atoms with Gasteiger partial charge in [0.05, 0.1) is 11.1 Å². The van der Waals surface area contributed by atoms with E-state index in [1.165, 1.54) is 0 Å². The summed E-state index contributed by atoms with van der Waals surface area (Å²) in [5, 5.41) is 4.67. The Labute approximate surface area is 168 Å². The summed E-state index contributed by atoms with van der Waals surface area (Å²) in [7, 11) is 0. The van der Waals surface area contributed by atoms with E-state index < -0.39 is 0 Å². The Morgan fingerprint density at radius 2 is 1.79 bits per heavy atom. The first kappa shape index (κ1) is 18.9. The fraction of sp³-hybridized carbons (Fsp3) is 0.208. The van der Waals surface area contributed by atoms with E-state index in [0.29, 0.717) is 11.1 Å². The molecule has 0 radical (unpaired) electrons. The highest BCUT2D eigenvalue weighted by Crippen LogP contribution is 2.23. The van der Waals surface area contributed by atoms with Crippen LogP contribution in [0.1, 0.15) is 38.3 Å². The minimum Gasteiger partial charge on any atom is -0.348 e. The minimum absolute atomic E-state index is 0.158. The number of amides is 1. The quantitative estimate of drug-likeness (QED) is 0.554. The molecule has 0 atom stereocenters. The molecule has 4 aromatic rings. The van der Waals surface area contributed by atoms with Gasteiger partial charge in [-0.05, 0) is 68.5 Å². The summed E-state index contributed by atoms with van der Waals surface area (Å²) in [6, 6.07) is 13.6. The summed E-state index contributed by atoms with van der Waals surface area (Å²) >= 11 is 0. The molecule has 0 aliphatic carbocycles. The van der Waals surface area contributed by atoms with Crippen LogP contribution in [-0.2, 0) is 6.54 Å². The number of nitrogens with zero attached hydrogens (tertiary/aromatic N) is 1. The lowest BCUT2D eigenvalue weighted by molar-refractivity contribution is 0.0952. The van der Waals surface area contributed by atoms with Crippen molar-refractivity contribution in [1.82, 2.24) is 15.3 Å². The Kier molecular flexibility index (Phi) is 4.66. The Morgan fingerprint density at radius 3 is 2.59 bits per heavy atom. The third-order valence-electron chi connectivity index (χ3n) is 5.14. The molecular formula is C24H23N3O2. The van der Waals surface area contributed by atoms with Crippen LogP contribution in [0.15, 0.2) is 47.3 Å². The number of carbonyl (C=O) groups excluding carboxylic acids is 1. The molecule has 2 heterocycles. The van der Waals surface area contributed by atoms with Gasteiger partial charge in [-0.2, -0.15) is 0 Å². The summed E-state index contributed by atoms with van der Waals surface area (Å²) < 4.78 is 0. The van der Waals surface area contributed by atoms with Crippen LogP contribution in [0.3, 0.4) is 0 Å². The van der Waals surface area contributed by atoms with Gasteiger partial charge in [0.1, 0.15) is 0 Å². The fourth-order valence-corrected chi connectivity index (χ4v) is 3.76. The van der Waals surface area contributed by atoms with Crippen molar-refractivity contribution in [2.24, 2.45) is 0 Å². The van der Waals surface area contributed by atoms with Gasteiger partial charge in [0.2, 0.25) is 0 Å². The van der Waals surface area contributed by atoms with E-state index in [4.69, 9.17) is 0 Å². The number of rotatable bonds is 3. The Hall–Kier alpha value is -3.47. The summed E-state index contributed by atoms with van der Waals surface area (Å²) in [5.41, 5.74) is 6.53. The van der Waals surface area contributed by atoms with E-state index in [-0.39, 0.29) is 18.0 Å². The van der Waals surface area contributed by atoms with Crippen LogP contribution >= 0.6 is 0 Å². The van der Waals surface area contributed by atoms with E-state index in [1.54, 1.807) is 6.07 Å². The predicted molar refractivity (Wildman–Crippen MR) is 116 cm³/mol. The molecule has 0 bridgehead atoms. The van der Waals surface area contributed by atoms with Crippen molar-refractivity contribution in [3.8, 4) is 0 Å². The largest absolute Gasteiger partial charge is 0.348 e. The summed E-state index contributed by atoms with van der Waals surface area (Å²) in [6.45, 7) is 8.03. The number of aromatic amines is 1. The Bertz CT molecular complexity index is 1340. The molecule has 0 spiro atoms. The summed E-state index contributed by atoms with van der Waals surface area (Å²) in [6.07, 6.45) is 0. The summed E-state index contributed by atoms with van der Waals surface area (Å²) in [4.78, 5) is 32.9. The van der Waals surface area contributed by atoms with Gasteiger partial charge in [-0.3, -0.25) is 14.6 Å². The van der Waals surface area contributed by atoms with Gasteiger partial charge in [0, 0.05) is 28.7 Å². The molecule has 29 heavy (non-hydrogen) atoms. The molecular weight excluding hydrogens is 362 g/mol. The number of carbonyl (C=O) groups is 1. The van der Waals surface area contributed by atoms with Crippen molar-refractivity contribution < 1.29 is 4.79 Å². The molecule has 0 saturated heterocycles. The molecule has 2 N–H and O–H groups in total. The number of hydrogen-bond donors (Lipinski definition) is 2. The smallest absolute Gasteiger partial charge is 0.253 e. The minimum atomic E-state index is -0.214. The van der Waals surface area contributed by atoms with Crippen LogP contribution in [0.2, 0.25) is 0 Å². The molecule has 0 saturated carbocycles. The number of aromatic nitrogens is 2. The van der Waals surface area contributed by atoms with Gasteiger partial charge in [-0.25, -0.2) is 0 Å². The average molecular weight is 385 g/mol. The SMILES string of the molecule is Cc1ccc2cc(CNC(=O)c3cc(C)nc4c(C)cc(C)cc34)c(=O)[nH]c2c1. The maximum Gasteiger partial charge on any atom is 0.253 e. The van der Waals surface area contributed by atoms with Crippen LogP contribution < -0.4 is 10.9 Å². The predicted octanol–water partition coefficient (Wildman–Crippen LogP) is 4.24. The lowest BCUT2D eigenvalue weighted by atomic mass is 10.0. The third kappa shape index (κ3) is 3.63. The maximum atomic E-state index is 13.0. The molecule has 146 valence electrons. The van der Waals surface area contributed by atoms with Crippen LogP contribution in [0.4, 0.5) is 0 Å². The number of nitrogens with one attached hydrogen (secondary N) is 2. The van der Waals surface area contributed by atoms with Crippen LogP contribution in [0.25, 0.3) is 21.8 Å². The van der Waals surface area contributed by atoms with Crippen molar-refractivity contribution in [2.75, 3.05) is 0 Å². The first-order chi connectivity index (χ1) is 13.8. The third-order valence-corrected chi connectivity index (χ3v) is 5.14. The zero-order valence-corrected chi connectivity index (χ0v) is 17.0. The van der Waals surface area contributed by atoms with Gasteiger partial charge in [0.15, 0.2) is 0 Å². The standard InChI is InChI=1S/C24H23N3O2/c1-13-5-6-17-11-18(23(28)27-21(17)9-13)12-25-24(29)20-10-16(4)26-22-15(3)7-14(2)8-19(20)22/h5-11H,12H2,1-4H3,(H,25,29)(H,27,28). The molecule has 0 aliphatic heterocycles. The van der Waals surface area contributed by atoms with Crippen molar-refractivity contribution in [3.63, 3.8) is 0 Å². The van der Waals surface area contributed by atoms with Crippen molar-refractivity contribution in [3.05, 3.63) is 86.3 Å². The lowest BCUT2D eigenvalue weighted by Crippen LogP contribution is -2.27. The Morgan fingerprint density at radius 1 is 1.00 bits per heavy atom. The van der Waals surface area contributed by atoms with Gasteiger partial charge in [0.25, 0.3) is 11.5 Å².